The normalized spacial score (nSPS) is 14.1. The van der Waals surface area contributed by atoms with E-state index in [1.54, 1.807) is 0 Å². The van der Waals surface area contributed by atoms with Crippen molar-refractivity contribution in [1.82, 2.24) is 20.2 Å². The van der Waals surface area contributed by atoms with Gasteiger partial charge in [-0.05, 0) is 48.6 Å². The van der Waals surface area contributed by atoms with E-state index in [4.69, 9.17) is 4.42 Å². The number of carbonyl (C=O) groups excluding carboxylic acids is 1. The summed E-state index contributed by atoms with van der Waals surface area (Å²) >= 11 is 0. The lowest BCUT2D eigenvalue weighted by atomic mass is 10.1. The number of halogens is 3. The minimum Gasteiger partial charge on any atom is -0.447 e. The lowest BCUT2D eigenvalue weighted by molar-refractivity contribution is -0.137. The second-order valence-corrected chi connectivity index (χ2v) is 8.89. The number of aromatic amines is 1. The third kappa shape index (κ3) is 5.74. The molecule has 0 unspecified atom stereocenters. The molecule has 5 rings (SSSR count). The van der Waals surface area contributed by atoms with Crippen molar-refractivity contribution in [3.8, 4) is 0 Å². The number of carbonyl (C=O) groups is 1. The molecular formula is C26H25F3N4O2. The number of para-hydroxylation sites is 1. The summed E-state index contributed by atoms with van der Waals surface area (Å²) in [5.41, 5.74) is 2.50. The fourth-order valence-corrected chi connectivity index (χ4v) is 4.05. The summed E-state index contributed by atoms with van der Waals surface area (Å²) in [6, 6.07) is 13.4. The van der Waals surface area contributed by atoms with Crippen LogP contribution in [0, 0.1) is 0 Å². The van der Waals surface area contributed by atoms with Crippen molar-refractivity contribution in [3.63, 3.8) is 0 Å². The molecule has 1 aliphatic carbocycles. The number of hydrogen-bond acceptors (Lipinski definition) is 4. The van der Waals surface area contributed by atoms with E-state index >= 15 is 0 Å². The van der Waals surface area contributed by atoms with Crippen LogP contribution in [-0.4, -0.2) is 33.4 Å². The van der Waals surface area contributed by atoms with Crippen LogP contribution in [0.4, 0.5) is 13.2 Å². The maximum absolute atomic E-state index is 13.0. The standard InChI is InChI=1S/C26H25F3N4O2/c27-26(28,29)19-7-5-17(6-8-19)14-33(12-11-18-13-30-22-4-2-1-3-21(18)22)15-24-32-23(16-35-24)25(34)31-20-9-10-20/h1-8,13,16,20,30H,9-12,14-15H2,(H,31,34). The van der Waals surface area contributed by atoms with Gasteiger partial charge in [-0.25, -0.2) is 4.98 Å². The molecule has 0 aliphatic heterocycles. The van der Waals surface area contributed by atoms with Crippen LogP contribution in [-0.2, 0) is 25.7 Å². The maximum atomic E-state index is 13.0. The summed E-state index contributed by atoms with van der Waals surface area (Å²) in [5, 5.41) is 4.02. The predicted octanol–water partition coefficient (Wildman–Crippen LogP) is 5.31. The number of oxazole rings is 1. The number of amides is 1. The first-order valence-corrected chi connectivity index (χ1v) is 11.5. The molecule has 0 spiro atoms. The Bertz CT molecular complexity index is 1310. The van der Waals surface area contributed by atoms with Crippen LogP contribution in [0.25, 0.3) is 10.9 Å². The van der Waals surface area contributed by atoms with Gasteiger partial charge in [0.05, 0.1) is 12.1 Å². The fourth-order valence-electron chi connectivity index (χ4n) is 4.05. The van der Waals surface area contributed by atoms with Gasteiger partial charge in [-0.1, -0.05) is 30.3 Å². The monoisotopic (exact) mass is 482 g/mol. The minimum absolute atomic E-state index is 0.218. The fraction of sp³-hybridized carbons (Fsp3) is 0.308. The van der Waals surface area contributed by atoms with Crippen molar-refractivity contribution in [2.24, 2.45) is 0 Å². The van der Waals surface area contributed by atoms with Gasteiger partial charge < -0.3 is 14.7 Å². The van der Waals surface area contributed by atoms with E-state index in [0.29, 0.717) is 25.5 Å². The Morgan fingerprint density at radius 3 is 2.63 bits per heavy atom. The maximum Gasteiger partial charge on any atom is 0.416 e. The Morgan fingerprint density at radius 2 is 1.89 bits per heavy atom. The van der Waals surface area contributed by atoms with Gasteiger partial charge in [-0.3, -0.25) is 9.69 Å². The van der Waals surface area contributed by atoms with Crippen molar-refractivity contribution in [1.29, 1.82) is 0 Å². The topological polar surface area (TPSA) is 74.2 Å². The molecular weight excluding hydrogens is 457 g/mol. The van der Waals surface area contributed by atoms with E-state index in [0.717, 1.165) is 53.4 Å². The van der Waals surface area contributed by atoms with E-state index in [9.17, 15) is 18.0 Å². The van der Waals surface area contributed by atoms with Gasteiger partial charge in [-0.2, -0.15) is 13.2 Å². The van der Waals surface area contributed by atoms with Gasteiger partial charge in [0.2, 0.25) is 5.89 Å². The van der Waals surface area contributed by atoms with Crippen molar-refractivity contribution in [3.05, 3.63) is 89.3 Å². The van der Waals surface area contributed by atoms with Crippen LogP contribution in [0.3, 0.4) is 0 Å². The summed E-state index contributed by atoms with van der Waals surface area (Å²) in [5.74, 6) is 0.132. The van der Waals surface area contributed by atoms with Crippen molar-refractivity contribution < 1.29 is 22.4 Å². The lowest BCUT2D eigenvalue weighted by Gasteiger charge is -2.21. The van der Waals surface area contributed by atoms with E-state index < -0.39 is 11.7 Å². The zero-order valence-electron chi connectivity index (χ0n) is 18.9. The molecule has 1 saturated carbocycles. The molecule has 0 atom stereocenters. The van der Waals surface area contributed by atoms with E-state index in [1.807, 2.05) is 24.4 Å². The van der Waals surface area contributed by atoms with Crippen LogP contribution < -0.4 is 5.32 Å². The Balaban J connectivity index is 1.31. The molecule has 182 valence electrons. The molecule has 1 aliphatic rings. The smallest absolute Gasteiger partial charge is 0.416 e. The summed E-state index contributed by atoms with van der Waals surface area (Å²) < 4.78 is 44.4. The molecule has 0 bridgehead atoms. The molecule has 0 saturated heterocycles. The number of rotatable bonds is 9. The van der Waals surface area contributed by atoms with E-state index in [-0.39, 0.29) is 17.6 Å². The average Bonchev–Trinajstić information content (AvgIpc) is 3.36. The van der Waals surface area contributed by atoms with Crippen molar-refractivity contribution in [2.75, 3.05) is 6.54 Å². The zero-order valence-corrected chi connectivity index (χ0v) is 18.9. The molecule has 35 heavy (non-hydrogen) atoms. The average molecular weight is 483 g/mol. The molecule has 1 amide bonds. The van der Waals surface area contributed by atoms with Gasteiger partial charge in [0.25, 0.3) is 5.91 Å². The molecule has 0 radical (unpaired) electrons. The van der Waals surface area contributed by atoms with Crippen LogP contribution in [0.5, 0.6) is 0 Å². The Morgan fingerprint density at radius 1 is 1.11 bits per heavy atom. The molecule has 2 heterocycles. The number of fused-ring (bicyclic) bond motifs is 1. The number of nitrogens with zero attached hydrogens (tertiary/aromatic N) is 2. The lowest BCUT2D eigenvalue weighted by Crippen LogP contribution is -2.27. The highest BCUT2D eigenvalue weighted by molar-refractivity contribution is 5.92. The minimum atomic E-state index is -4.37. The van der Waals surface area contributed by atoms with Gasteiger partial charge in [0.1, 0.15) is 6.26 Å². The van der Waals surface area contributed by atoms with Crippen molar-refractivity contribution >= 4 is 16.8 Å². The highest BCUT2D eigenvalue weighted by Crippen LogP contribution is 2.29. The molecule has 1 fully saturated rings. The Kier molecular flexibility index (Phi) is 6.34. The molecule has 2 N–H and O–H groups in total. The second kappa shape index (κ2) is 9.58. The van der Waals surface area contributed by atoms with Crippen molar-refractivity contribution in [2.45, 2.75) is 44.6 Å². The summed E-state index contributed by atoms with van der Waals surface area (Å²) in [6.07, 6.45) is 1.63. The molecule has 9 heteroatoms. The second-order valence-electron chi connectivity index (χ2n) is 8.89. The van der Waals surface area contributed by atoms with Crippen LogP contribution in [0.2, 0.25) is 0 Å². The van der Waals surface area contributed by atoms with Gasteiger partial charge in [0, 0.05) is 36.2 Å². The first-order valence-electron chi connectivity index (χ1n) is 11.5. The highest BCUT2D eigenvalue weighted by Gasteiger charge is 2.30. The third-order valence-electron chi connectivity index (χ3n) is 6.12. The highest BCUT2D eigenvalue weighted by atomic mass is 19.4. The SMILES string of the molecule is O=C(NC1CC1)c1coc(CN(CCc2c[nH]c3ccccc23)Cc2ccc(C(F)(F)F)cc2)n1. The molecule has 2 aromatic carbocycles. The number of hydrogen-bond donors (Lipinski definition) is 2. The first kappa shape index (κ1) is 23.2. The van der Waals surface area contributed by atoms with Crippen LogP contribution in [0.1, 0.15) is 45.9 Å². The van der Waals surface area contributed by atoms with Gasteiger partial charge in [0.15, 0.2) is 5.69 Å². The van der Waals surface area contributed by atoms with Gasteiger partial charge >= 0.3 is 6.18 Å². The molecule has 4 aromatic rings. The van der Waals surface area contributed by atoms with Gasteiger partial charge in [-0.15, -0.1) is 0 Å². The van der Waals surface area contributed by atoms with E-state index in [2.05, 4.69) is 26.3 Å². The third-order valence-corrected chi connectivity index (χ3v) is 6.12. The molecule has 6 nitrogen and oxygen atoms in total. The number of H-pyrrole nitrogens is 1. The number of aromatic nitrogens is 2. The number of benzene rings is 2. The van der Waals surface area contributed by atoms with Crippen LogP contribution >= 0.6 is 0 Å². The Labute approximate surface area is 200 Å². The predicted molar refractivity (Wildman–Crippen MR) is 125 cm³/mol. The number of alkyl halides is 3. The number of nitrogens with one attached hydrogen (secondary N) is 2. The summed E-state index contributed by atoms with van der Waals surface area (Å²) in [4.78, 5) is 21.9. The van der Waals surface area contributed by atoms with Crippen LogP contribution in [0.15, 0.2) is 65.4 Å². The first-order chi connectivity index (χ1) is 16.8. The Hall–Kier alpha value is -3.59. The summed E-state index contributed by atoms with van der Waals surface area (Å²) in [7, 11) is 0. The molecule has 2 aromatic heterocycles. The quantitative estimate of drug-likeness (QED) is 0.339. The summed E-state index contributed by atoms with van der Waals surface area (Å²) in [6.45, 7) is 1.35. The largest absolute Gasteiger partial charge is 0.447 e. The zero-order chi connectivity index (χ0) is 24.4. The van der Waals surface area contributed by atoms with E-state index in [1.165, 1.54) is 18.4 Å².